The summed E-state index contributed by atoms with van der Waals surface area (Å²) < 4.78 is 17.4. The first-order valence-corrected chi connectivity index (χ1v) is 15.7. The van der Waals surface area contributed by atoms with Crippen LogP contribution in [0.15, 0.2) is 83.6 Å². The SMILES string of the molecule is Cc1ccc2c(c1)[NH+]=C1C3=C(C(=O)c4ccccc4C3=O)C(NCCCN3CCN(Cc4ccc5c(c4)OCO5)CC3)=CC1O2. The maximum atomic E-state index is 13.9. The van der Waals surface area contributed by atoms with Crippen LogP contribution in [0.2, 0.25) is 0 Å². The number of fused-ring (bicyclic) bond motifs is 5. The third kappa shape index (κ3) is 5.11. The standard InChI is InChI=1S/C36H34N4O5/c1-22-7-9-28-26(17-22)38-34-31(45-28)19-27(32-33(34)36(42)25-6-3-2-5-24(25)35(32)41)37-11-4-12-39-13-15-40(16-14-39)20-23-8-10-29-30(18-23)44-21-43-29/h2-3,5-10,17-19,31,37H,4,11-16,20-21H2,1H3/p+1. The van der Waals surface area contributed by atoms with E-state index in [1.54, 1.807) is 24.3 Å². The summed E-state index contributed by atoms with van der Waals surface area (Å²) in [5.41, 5.74) is 6.11. The Labute approximate surface area is 261 Å². The van der Waals surface area contributed by atoms with Crippen LogP contribution in [0.25, 0.3) is 0 Å². The number of piperazine rings is 1. The number of nitrogens with one attached hydrogen (secondary N) is 2. The number of allylic oxidation sites excluding steroid dienone is 1. The van der Waals surface area contributed by atoms with Crippen molar-refractivity contribution in [1.82, 2.24) is 15.1 Å². The molecule has 1 atom stereocenters. The minimum Gasteiger partial charge on any atom is -0.468 e. The number of hydrogen-bond acceptors (Lipinski definition) is 8. The van der Waals surface area contributed by atoms with Crippen molar-refractivity contribution in [1.29, 1.82) is 0 Å². The van der Waals surface area contributed by atoms with Gasteiger partial charge in [0.2, 0.25) is 30.1 Å². The first-order chi connectivity index (χ1) is 22.0. The molecule has 0 aromatic heterocycles. The molecular weight excluding hydrogens is 568 g/mol. The van der Waals surface area contributed by atoms with E-state index in [4.69, 9.17) is 14.2 Å². The fourth-order valence-corrected chi connectivity index (χ4v) is 6.84. The highest BCUT2D eigenvalue weighted by Crippen LogP contribution is 2.36. The Bertz CT molecular complexity index is 1820. The quantitative estimate of drug-likeness (QED) is 0.399. The minimum absolute atomic E-state index is 0.139. The van der Waals surface area contributed by atoms with Gasteiger partial charge in [-0.2, -0.15) is 0 Å². The van der Waals surface area contributed by atoms with Gasteiger partial charge in [0.25, 0.3) is 0 Å². The number of ketones is 2. The van der Waals surface area contributed by atoms with Crippen LogP contribution in [0.3, 0.4) is 0 Å². The molecule has 3 heterocycles. The number of ether oxygens (including phenoxy) is 3. The molecule has 228 valence electrons. The Morgan fingerprint density at radius 1 is 0.844 bits per heavy atom. The second kappa shape index (κ2) is 11.3. The van der Waals surface area contributed by atoms with Crippen LogP contribution in [0.5, 0.6) is 17.2 Å². The number of carbonyl (C=O) groups excluding carboxylic acids is 2. The summed E-state index contributed by atoms with van der Waals surface area (Å²) >= 11 is 0. The number of rotatable bonds is 7. The van der Waals surface area contributed by atoms with Crippen LogP contribution in [-0.4, -0.2) is 79.2 Å². The molecule has 0 bridgehead atoms. The fraction of sp³-hybridized carbons (Fsp3) is 0.306. The molecule has 0 amide bonds. The van der Waals surface area contributed by atoms with Gasteiger partial charge in [-0.15, -0.1) is 0 Å². The zero-order valence-electron chi connectivity index (χ0n) is 25.2. The predicted octanol–water partition coefficient (Wildman–Crippen LogP) is 2.71. The number of benzene rings is 3. The summed E-state index contributed by atoms with van der Waals surface area (Å²) in [4.78, 5) is 36.2. The van der Waals surface area contributed by atoms with Gasteiger partial charge in [-0.25, -0.2) is 4.99 Å². The topological polar surface area (TPSA) is 94.3 Å². The van der Waals surface area contributed by atoms with Gasteiger partial charge in [0.05, 0.1) is 5.57 Å². The van der Waals surface area contributed by atoms with E-state index < -0.39 is 6.10 Å². The van der Waals surface area contributed by atoms with Crippen LogP contribution in [-0.2, 0) is 6.54 Å². The molecule has 45 heavy (non-hydrogen) atoms. The number of nitrogens with zero attached hydrogens (tertiary/aromatic N) is 2. The van der Waals surface area contributed by atoms with E-state index >= 15 is 0 Å². The van der Waals surface area contributed by atoms with Crippen molar-refractivity contribution in [3.63, 3.8) is 0 Å². The smallest absolute Gasteiger partial charge is 0.246 e. The van der Waals surface area contributed by atoms with E-state index in [2.05, 4.69) is 32.2 Å². The molecule has 2 aliphatic carbocycles. The summed E-state index contributed by atoms with van der Waals surface area (Å²) in [6.45, 7) is 8.85. The lowest BCUT2D eigenvalue weighted by atomic mass is 9.76. The Morgan fingerprint density at radius 3 is 2.40 bits per heavy atom. The first-order valence-electron chi connectivity index (χ1n) is 15.7. The van der Waals surface area contributed by atoms with E-state index in [0.29, 0.717) is 47.0 Å². The number of hydrogen-bond donors (Lipinski definition) is 2. The van der Waals surface area contributed by atoms with Crippen LogP contribution in [0.4, 0.5) is 5.69 Å². The first kappa shape index (κ1) is 27.8. The van der Waals surface area contributed by atoms with Gasteiger partial charge in [0.15, 0.2) is 23.0 Å². The van der Waals surface area contributed by atoms with Crippen LogP contribution < -0.4 is 24.5 Å². The van der Waals surface area contributed by atoms with Gasteiger partial charge in [-0.1, -0.05) is 36.4 Å². The molecule has 3 aliphatic heterocycles. The molecule has 0 saturated carbocycles. The van der Waals surface area contributed by atoms with Crippen LogP contribution in [0, 0.1) is 6.92 Å². The van der Waals surface area contributed by atoms with Crippen LogP contribution in [0.1, 0.15) is 38.3 Å². The summed E-state index contributed by atoms with van der Waals surface area (Å²) in [5, 5.41) is 3.52. The summed E-state index contributed by atoms with van der Waals surface area (Å²) in [5.74, 6) is 2.08. The fourth-order valence-electron chi connectivity index (χ4n) is 6.84. The molecule has 3 aromatic rings. The molecule has 5 aliphatic rings. The van der Waals surface area contributed by atoms with Crippen molar-refractivity contribution in [2.75, 3.05) is 46.1 Å². The molecule has 8 rings (SSSR count). The highest BCUT2D eigenvalue weighted by Gasteiger charge is 2.46. The Kier molecular flexibility index (Phi) is 6.99. The molecule has 9 nitrogen and oxygen atoms in total. The van der Waals surface area contributed by atoms with E-state index in [1.807, 2.05) is 37.3 Å². The highest BCUT2D eigenvalue weighted by molar-refractivity contribution is 6.39. The maximum Gasteiger partial charge on any atom is 0.246 e. The van der Waals surface area contributed by atoms with Crippen molar-refractivity contribution in [2.45, 2.75) is 26.0 Å². The zero-order chi connectivity index (χ0) is 30.5. The highest BCUT2D eigenvalue weighted by atomic mass is 16.7. The number of Topliss-reactive ketones (excluding diaryl/α,β-unsaturated/α-hetero) is 2. The average Bonchev–Trinajstić information content (AvgIpc) is 3.53. The van der Waals surface area contributed by atoms with E-state index in [0.717, 1.165) is 74.2 Å². The minimum atomic E-state index is -0.499. The third-order valence-electron chi connectivity index (χ3n) is 9.19. The van der Waals surface area contributed by atoms with Crippen molar-refractivity contribution in [2.24, 2.45) is 0 Å². The summed E-state index contributed by atoms with van der Waals surface area (Å²) in [7, 11) is 0. The van der Waals surface area contributed by atoms with Gasteiger partial charge < -0.3 is 24.4 Å². The van der Waals surface area contributed by atoms with Crippen molar-refractivity contribution in [3.8, 4) is 17.2 Å². The summed E-state index contributed by atoms with van der Waals surface area (Å²) in [6, 6.07) is 19.2. The molecule has 0 radical (unpaired) electrons. The van der Waals surface area contributed by atoms with Gasteiger partial charge in [0.1, 0.15) is 5.57 Å². The maximum absolute atomic E-state index is 13.9. The molecule has 9 heteroatoms. The third-order valence-corrected chi connectivity index (χ3v) is 9.19. The number of aryl methyl sites for hydroxylation is 1. The Hall–Kier alpha value is -4.73. The number of carbonyl (C=O) groups is 2. The lowest BCUT2D eigenvalue weighted by Crippen LogP contribution is -2.73. The predicted molar refractivity (Wildman–Crippen MR) is 168 cm³/mol. The Balaban J connectivity index is 0.938. The second-order valence-electron chi connectivity index (χ2n) is 12.2. The molecule has 2 N–H and O–H groups in total. The summed E-state index contributed by atoms with van der Waals surface area (Å²) in [6.07, 6.45) is 2.35. The molecule has 0 spiro atoms. The lowest BCUT2D eigenvalue weighted by Gasteiger charge is -2.35. The molecular formula is C36H35N4O5+. The average molecular weight is 604 g/mol. The van der Waals surface area contributed by atoms with Gasteiger partial charge in [-0.3, -0.25) is 14.5 Å². The zero-order valence-corrected chi connectivity index (χ0v) is 25.2. The van der Waals surface area contributed by atoms with E-state index in [-0.39, 0.29) is 11.6 Å². The normalized spacial score (nSPS) is 20.4. The van der Waals surface area contributed by atoms with E-state index in [9.17, 15) is 9.59 Å². The monoisotopic (exact) mass is 603 g/mol. The van der Waals surface area contributed by atoms with Crippen molar-refractivity contribution < 1.29 is 28.8 Å². The second-order valence-corrected chi connectivity index (χ2v) is 12.2. The molecule has 1 unspecified atom stereocenters. The van der Waals surface area contributed by atoms with Gasteiger partial charge in [-0.05, 0) is 55.3 Å². The van der Waals surface area contributed by atoms with Crippen molar-refractivity contribution in [3.05, 3.63) is 106 Å². The molecule has 3 aromatic carbocycles. The van der Waals surface area contributed by atoms with Gasteiger partial charge >= 0.3 is 0 Å². The largest absolute Gasteiger partial charge is 0.468 e. The molecule has 1 fully saturated rings. The van der Waals surface area contributed by atoms with E-state index in [1.165, 1.54) is 5.56 Å². The molecule has 1 saturated heterocycles. The van der Waals surface area contributed by atoms with Crippen molar-refractivity contribution >= 4 is 23.0 Å². The Morgan fingerprint density at radius 2 is 1.58 bits per heavy atom. The lowest BCUT2D eigenvalue weighted by molar-refractivity contribution is -0.363. The van der Waals surface area contributed by atoms with Crippen LogP contribution >= 0.6 is 0 Å². The van der Waals surface area contributed by atoms with Gasteiger partial charge in [0, 0.05) is 62.2 Å².